The molecule has 9 nitrogen and oxygen atoms in total. The summed E-state index contributed by atoms with van der Waals surface area (Å²) in [6, 6.07) is 0. The van der Waals surface area contributed by atoms with Crippen LogP contribution >= 0.6 is 0 Å². The summed E-state index contributed by atoms with van der Waals surface area (Å²) in [4.78, 5) is 21.3. The topological polar surface area (TPSA) is 103 Å². The van der Waals surface area contributed by atoms with Crippen LogP contribution in [0.2, 0.25) is 0 Å². The predicted molar refractivity (Wildman–Crippen MR) is 97.6 cm³/mol. The monoisotopic (exact) mass is 366 g/mol. The zero-order chi connectivity index (χ0) is 19.0. The van der Waals surface area contributed by atoms with Gasteiger partial charge in [0.2, 0.25) is 5.91 Å². The van der Waals surface area contributed by atoms with Crippen molar-refractivity contribution in [3.63, 3.8) is 0 Å². The van der Waals surface area contributed by atoms with Gasteiger partial charge in [0, 0.05) is 43.8 Å². The Morgan fingerprint density at radius 2 is 2.15 bits per heavy atom. The Hall–Kier alpha value is -3.10. The van der Waals surface area contributed by atoms with Gasteiger partial charge in [-0.05, 0) is 26.7 Å². The van der Waals surface area contributed by atoms with E-state index in [1.165, 1.54) is 0 Å². The summed E-state index contributed by atoms with van der Waals surface area (Å²) < 4.78 is 3.82. The molecule has 1 atom stereocenters. The molecule has 3 aromatic heterocycles. The van der Waals surface area contributed by atoms with E-state index in [-0.39, 0.29) is 11.8 Å². The Bertz CT molecular complexity index is 975. The van der Waals surface area contributed by atoms with Gasteiger partial charge in [-0.25, -0.2) is 4.98 Å². The molecule has 140 valence electrons. The van der Waals surface area contributed by atoms with Crippen molar-refractivity contribution in [2.24, 2.45) is 7.05 Å². The minimum Gasteiger partial charge on any atom is -0.351 e. The van der Waals surface area contributed by atoms with Crippen LogP contribution in [-0.4, -0.2) is 40.4 Å². The standard InChI is InChI=1S/C18H22N8O/c1-11-14(12(2)25(3)24-11)9-21-18(27)13-5-4-8-26-16(13)22-23-17(26)15-10-19-6-7-20-15/h6-7,10,13H,4-5,8-9H2,1-3H3,(H,21,27). The molecule has 1 N–H and O–H groups in total. The normalized spacial score (nSPS) is 16.2. The van der Waals surface area contributed by atoms with Crippen molar-refractivity contribution in [1.82, 2.24) is 39.8 Å². The zero-order valence-corrected chi connectivity index (χ0v) is 15.7. The Balaban J connectivity index is 1.54. The van der Waals surface area contributed by atoms with Gasteiger partial charge in [0.25, 0.3) is 0 Å². The molecule has 0 bridgehead atoms. The lowest BCUT2D eigenvalue weighted by atomic mass is 9.97. The number of rotatable bonds is 4. The summed E-state index contributed by atoms with van der Waals surface area (Å²) in [5, 5.41) is 16.0. The maximum absolute atomic E-state index is 12.9. The number of hydrogen-bond acceptors (Lipinski definition) is 6. The van der Waals surface area contributed by atoms with Crippen LogP contribution in [0.25, 0.3) is 11.5 Å². The van der Waals surface area contributed by atoms with E-state index in [9.17, 15) is 4.79 Å². The van der Waals surface area contributed by atoms with Crippen molar-refractivity contribution >= 4 is 5.91 Å². The fraction of sp³-hybridized carbons (Fsp3) is 0.444. The molecule has 3 aromatic rings. The fourth-order valence-corrected chi connectivity index (χ4v) is 3.60. The third-order valence-electron chi connectivity index (χ3n) is 5.17. The molecule has 27 heavy (non-hydrogen) atoms. The number of carbonyl (C=O) groups excluding carboxylic acids is 1. The van der Waals surface area contributed by atoms with Gasteiger partial charge in [-0.3, -0.25) is 14.5 Å². The Morgan fingerprint density at radius 3 is 2.85 bits per heavy atom. The van der Waals surface area contributed by atoms with Crippen LogP contribution < -0.4 is 5.32 Å². The highest BCUT2D eigenvalue weighted by Gasteiger charge is 2.31. The average molecular weight is 366 g/mol. The minimum atomic E-state index is -0.311. The molecule has 0 saturated heterocycles. The van der Waals surface area contributed by atoms with E-state index < -0.39 is 0 Å². The smallest absolute Gasteiger partial charge is 0.231 e. The predicted octanol–water partition coefficient (Wildman–Crippen LogP) is 1.28. The summed E-state index contributed by atoms with van der Waals surface area (Å²) in [5.41, 5.74) is 3.72. The molecule has 1 amide bonds. The summed E-state index contributed by atoms with van der Waals surface area (Å²) in [5.74, 6) is 1.01. The molecule has 1 aliphatic rings. The van der Waals surface area contributed by atoms with Crippen LogP contribution in [0.1, 0.15) is 41.5 Å². The molecule has 0 spiro atoms. The first-order chi connectivity index (χ1) is 13.1. The van der Waals surface area contributed by atoms with Crippen molar-refractivity contribution in [3.05, 3.63) is 41.4 Å². The maximum atomic E-state index is 12.9. The Kier molecular flexibility index (Phi) is 4.43. The zero-order valence-electron chi connectivity index (χ0n) is 15.7. The largest absolute Gasteiger partial charge is 0.351 e. The molecule has 9 heteroatoms. The molecule has 0 fully saturated rings. The molecule has 4 heterocycles. The third kappa shape index (κ3) is 3.09. The van der Waals surface area contributed by atoms with Gasteiger partial charge < -0.3 is 9.88 Å². The van der Waals surface area contributed by atoms with Gasteiger partial charge in [-0.1, -0.05) is 0 Å². The Labute approximate surface area is 156 Å². The second kappa shape index (κ2) is 6.90. The van der Waals surface area contributed by atoms with Gasteiger partial charge in [0.1, 0.15) is 11.5 Å². The van der Waals surface area contributed by atoms with Crippen molar-refractivity contribution in [1.29, 1.82) is 0 Å². The highest BCUT2D eigenvalue weighted by molar-refractivity contribution is 5.83. The van der Waals surface area contributed by atoms with E-state index in [0.29, 0.717) is 23.9 Å². The van der Waals surface area contributed by atoms with Gasteiger partial charge >= 0.3 is 0 Å². The van der Waals surface area contributed by atoms with E-state index in [1.807, 2.05) is 30.1 Å². The van der Waals surface area contributed by atoms with Gasteiger partial charge in [-0.2, -0.15) is 5.10 Å². The average Bonchev–Trinajstić information content (AvgIpc) is 3.22. The second-order valence-electron chi connectivity index (χ2n) is 6.81. The van der Waals surface area contributed by atoms with Crippen LogP contribution in [0, 0.1) is 13.8 Å². The summed E-state index contributed by atoms with van der Waals surface area (Å²) in [6.07, 6.45) is 6.56. The molecular formula is C18H22N8O. The lowest BCUT2D eigenvalue weighted by Gasteiger charge is -2.22. The van der Waals surface area contributed by atoms with Crippen LogP contribution in [0.3, 0.4) is 0 Å². The number of carbonyl (C=O) groups is 1. The summed E-state index contributed by atoms with van der Waals surface area (Å²) in [7, 11) is 1.91. The summed E-state index contributed by atoms with van der Waals surface area (Å²) in [6.45, 7) is 5.20. The van der Waals surface area contributed by atoms with E-state index in [0.717, 1.165) is 36.3 Å². The third-order valence-corrected chi connectivity index (χ3v) is 5.17. The van der Waals surface area contributed by atoms with Crippen LogP contribution in [0.5, 0.6) is 0 Å². The van der Waals surface area contributed by atoms with Crippen molar-refractivity contribution in [3.8, 4) is 11.5 Å². The van der Waals surface area contributed by atoms with Crippen molar-refractivity contribution in [2.75, 3.05) is 0 Å². The molecule has 0 saturated carbocycles. The summed E-state index contributed by atoms with van der Waals surface area (Å²) >= 11 is 0. The number of nitrogens with zero attached hydrogens (tertiary/aromatic N) is 7. The van der Waals surface area contributed by atoms with Crippen LogP contribution in [-0.2, 0) is 24.9 Å². The molecule has 0 radical (unpaired) electrons. The molecular weight excluding hydrogens is 344 g/mol. The van der Waals surface area contributed by atoms with Crippen LogP contribution in [0.4, 0.5) is 0 Å². The van der Waals surface area contributed by atoms with E-state index in [4.69, 9.17) is 0 Å². The van der Waals surface area contributed by atoms with Crippen molar-refractivity contribution < 1.29 is 4.79 Å². The number of aryl methyl sites for hydroxylation is 2. The van der Waals surface area contributed by atoms with Gasteiger partial charge in [0.05, 0.1) is 17.8 Å². The van der Waals surface area contributed by atoms with E-state index in [2.05, 4.69) is 30.6 Å². The Morgan fingerprint density at radius 1 is 1.30 bits per heavy atom. The SMILES string of the molecule is Cc1nn(C)c(C)c1CNC(=O)C1CCCn2c(-c3cnccn3)nnc21. The number of aromatic nitrogens is 7. The van der Waals surface area contributed by atoms with E-state index >= 15 is 0 Å². The number of nitrogens with one attached hydrogen (secondary N) is 1. The lowest BCUT2D eigenvalue weighted by Crippen LogP contribution is -2.33. The second-order valence-corrected chi connectivity index (χ2v) is 6.81. The number of amides is 1. The van der Waals surface area contributed by atoms with Crippen LogP contribution in [0.15, 0.2) is 18.6 Å². The van der Waals surface area contributed by atoms with Gasteiger partial charge in [-0.15, -0.1) is 10.2 Å². The first-order valence-corrected chi connectivity index (χ1v) is 9.02. The van der Waals surface area contributed by atoms with Gasteiger partial charge in [0.15, 0.2) is 5.82 Å². The molecule has 1 unspecified atom stereocenters. The molecule has 4 rings (SSSR count). The number of hydrogen-bond donors (Lipinski definition) is 1. The molecule has 0 aromatic carbocycles. The lowest BCUT2D eigenvalue weighted by molar-refractivity contribution is -0.123. The fourth-order valence-electron chi connectivity index (χ4n) is 3.60. The first-order valence-electron chi connectivity index (χ1n) is 9.02. The molecule has 1 aliphatic heterocycles. The quantitative estimate of drug-likeness (QED) is 0.746. The number of fused-ring (bicyclic) bond motifs is 1. The van der Waals surface area contributed by atoms with Crippen molar-refractivity contribution in [2.45, 2.75) is 45.7 Å². The highest BCUT2D eigenvalue weighted by atomic mass is 16.1. The van der Waals surface area contributed by atoms with E-state index in [1.54, 1.807) is 18.6 Å². The maximum Gasteiger partial charge on any atom is 0.231 e. The highest BCUT2D eigenvalue weighted by Crippen LogP contribution is 2.29. The first kappa shape index (κ1) is 17.3. The molecule has 0 aliphatic carbocycles. The minimum absolute atomic E-state index is 0.0308.